The Morgan fingerprint density at radius 2 is 1.86 bits per heavy atom. The Morgan fingerprint density at radius 3 is 2.36 bits per heavy atom. The summed E-state index contributed by atoms with van der Waals surface area (Å²) in [5.74, 6) is 1.24. The molecule has 3 N–H and O–H groups in total. The van der Waals surface area contributed by atoms with E-state index in [4.69, 9.17) is 5.73 Å². The first-order valence-corrected chi connectivity index (χ1v) is 9.09. The smallest absolute Gasteiger partial charge is 0.223 e. The van der Waals surface area contributed by atoms with Crippen LogP contribution in [-0.2, 0) is 9.59 Å². The summed E-state index contributed by atoms with van der Waals surface area (Å²) in [6.07, 6.45) is 9.01. The van der Waals surface area contributed by atoms with Gasteiger partial charge in [0.2, 0.25) is 11.8 Å². The minimum atomic E-state index is -0.292. The van der Waals surface area contributed by atoms with Crippen LogP contribution in [0, 0.1) is 29.6 Å². The molecule has 2 aliphatic rings. The molecule has 0 aromatic rings. The highest BCUT2D eigenvalue weighted by Gasteiger charge is 2.40. The highest BCUT2D eigenvalue weighted by molar-refractivity contribution is 5.86. The monoisotopic (exact) mass is 308 g/mol. The van der Waals surface area contributed by atoms with Crippen molar-refractivity contribution in [3.63, 3.8) is 0 Å². The van der Waals surface area contributed by atoms with Gasteiger partial charge in [0.1, 0.15) is 0 Å². The molecule has 2 saturated carbocycles. The summed E-state index contributed by atoms with van der Waals surface area (Å²) in [7, 11) is 0. The van der Waals surface area contributed by atoms with Crippen molar-refractivity contribution in [3.8, 4) is 0 Å². The summed E-state index contributed by atoms with van der Waals surface area (Å²) >= 11 is 0. The summed E-state index contributed by atoms with van der Waals surface area (Å²) in [5.41, 5.74) is 5.67. The molecule has 2 amide bonds. The number of nitrogens with one attached hydrogen (secondary N) is 1. The first-order valence-electron chi connectivity index (χ1n) is 9.09. The normalized spacial score (nSPS) is 27.4. The fourth-order valence-corrected chi connectivity index (χ4v) is 4.07. The van der Waals surface area contributed by atoms with Crippen LogP contribution in [-0.4, -0.2) is 18.4 Å². The van der Waals surface area contributed by atoms with Crippen LogP contribution >= 0.6 is 0 Å². The Kier molecular flexibility index (Phi) is 6.27. The molecule has 2 rings (SSSR count). The van der Waals surface area contributed by atoms with Gasteiger partial charge in [-0.1, -0.05) is 32.6 Å². The van der Waals surface area contributed by atoms with Crippen LogP contribution < -0.4 is 11.1 Å². The van der Waals surface area contributed by atoms with E-state index in [0.717, 1.165) is 25.2 Å². The average molecular weight is 308 g/mol. The van der Waals surface area contributed by atoms with Crippen molar-refractivity contribution in [2.75, 3.05) is 6.54 Å². The molecule has 0 saturated heterocycles. The largest absolute Gasteiger partial charge is 0.369 e. The van der Waals surface area contributed by atoms with Crippen molar-refractivity contribution in [3.05, 3.63) is 0 Å². The number of carbonyl (C=O) groups excluding carboxylic acids is 2. The van der Waals surface area contributed by atoms with Gasteiger partial charge >= 0.3 is 0 Å². The van der Waals surface area contributed by atoms with Gasteiger partial charge in [-0.2, -0.15) is 0 Å². The van der Waals surface area contributed by atoms with Crippen LogP contribution in [0.1, 0.15) is 65.2 Å². The molecule has 4 heteroatoms. The van der Waals surface area contributed by atoms with Crippen molar-refractivity contribution >= 4 is 11.8 Å². The second kappa shape index (κ2) is 7.98. The number of amides is 2. The lowest BCUT2D eigenvalue weighted by molar-refractivity contribution is -0.134. The molecule has 2 fully saturated rings. The lowest BCUT2D eigenvalue weighted by Gasteiger charge is -2.25. The van der Waals surface area contributed by atoms with E-state index in [1.165, 1.54) is 32.1 Å². The van der Waals surface area contributed by atoms with Gasteiger partial charge in [-0.15, -0.1) is 0 Å². The average Bonchev–Trinajstić information content (AvgIpc) is 2.94. The Balaban J connectivity index is 1.97. The molecule has 126 valence electrons. The van der Waals surface area contributed by atoms with Crippen molar-refractivity contribution in [2.24, 2.45) is 35.3 Å². The lowest BCUT2D eigenvalue weighted by atomic mass is 9.81. The van der Waals surface area contributed by atoms with E-state index in [-0.39, 0.29) is 23.7 Å². The van der Waals surface area contributed by atoms with Crippen LogP contribution in [0.15, 0.2) is 0 Å². The van der Waals surface area contributed by atoms with Gasteiger partial charge in [0, 0.05) is 18.4 Å². The van der Waals surface area contributed by atoms with Crippen LogP contribution in [0.25, 0.3) is 0 Å². The fourth-order valence-electron chi connectivity index (χ4n) is 4.07. The number of nitrogens with two attached hydrogens (primary N) is 1. The zero-order chi connectivity index (χ0) is 16.1. The van der Waals surface area contributed by atoms with E-state index < -0.39 is 0 Å². The Hall–Kier alpha value is -1.06. The number of primary amides is 1. The third-order valence-electron chi connectivity index (χ3n) is 5.73. The highest BCUT2D eigenvalue weighted by atomic mass is 16.2. The van der Waals surface area contributed by atoms with Crippen LogP contribution in [0.4, 0.5) is 0 Å². The van der Waals surface area contributed by atoms with E-state index in [1.807, 2.05) is 6.92 Å². The van der Waals surface area contributed by atoms with E-state index in [1.54, 1.807) is 0 Å². The standard InChI is InChI=1S/C18H32N2O2/c1-3-20-18(22)16(11-14-10-12(14)2)15(17(19)21)9-8-13-6-4-5-7-13/h12-16H,3-11H2,1-2H3,(H2,19,21)(H,20,22)/t12?,14?,15-,16?/m0/s1. The summed E-state index contributed by atoms with van der Waals surface area (Å²) in [6, 6.07) is 0. The zero-order valence-corrected chi connectivity index (χ0v) is 14.1. The molecule has 4 atom stereocenters. The Labute approximate surface area is 134 Å². The minimum Gasteiger partial charge on any atom is -0.369 e. The van der Waals surface area contributed by atoms with Gasteiger partial charge in [-0.25, -0.2) is 0 Å². The second-order valence-electron chi connectivity index (χ2n) is 7.45. The van der Waals surface area contributed by atoms with Gasteiger partial charge in [0.05, 0.1) is 0 Å². The summed E-state index contributed by atoms with van der Waals surface area (Å²) in [5, 5.41) is 2.91. The van der Waals surface area contributed by atoms with Crippen molar-refractivity contribution < 1.29 is 9.59 Å². The van der Waals surface area contributed by atoms with Crippen molar-refractivity contribution in [2.45, 2.75) is 65.2 Å². The van der Waals surface area contributed by atoms with Crippen LogP contribution in [0.2, 0.25) is 0 Å². The van der Waals surface area contributed by atoms with Crippen molar-refractivity contribution in [1.29, 1.82) is 0 Å². The predicted octanol–water partition coefficient (Wildman–Crippen LogP) is 2.86. The third kappa shape index (κ3) is 4.72. The third-order valence-corrected chi connectivity index (χ3v) is 5.73. The van der Waals surface area contributed by atoms with Gasteiger partial charge in [-0.3, -0.25) is 9.59 Å². The highest BCUT2D eigenvalue weighted by Crippen LogP contribution is 2.44. The van der Waals surface area contributed by atoms with E-state index in [0.29, 0.717) is 18.4 Å². The molecule has 4 nitrogen and oxygen atoms in total. The quantitative estimate of drug-likeness (QED) is 0.687. The zero-order valence-electron chi connectivity index (χ0n) is 14.1. The topological polar surface area (TPSA) is 72.2 Å². The number of rotatable bonds is 9. The predicted molar refractivity (Wildman–Crippen MR) is 87.9 cm³/mol. The fraction of sp³-hybridized carbons (Fsp3) is 0.889. The molecule has 0 aromatic heterocycles. The Morgan fingerprint density at radius 1 is 1.23 bits per heavy atom. The lowest BCUT2D eigenvalue weighted by Crippen LogP contribution is -2.41. The van der Waals surface area contributed by atoms with E-state index in [2.05, 4.69) is 12.2 Å². The maximum absolute atomic E-state index is 12.4. The molecule has 3 unspecified atom stereocenters. The Bertz CT molecular complexity index is 391. The SMILES string of the molecule is CCNC(=O)C(CC1CC1C)[C@H](CCC1CCCC1)C(N)=O. The van der Waals surface area contributed by atoms with Crippen molar-refractivity contribution in [1.82, 2.24) is 5.32 Å². The molecular formula is C18H32N2O2. The second-order valence-corrected chi connectivity index (χ2v) is 7.45. The van der Waals surface area contributed by atoms with Crippen LogP contribution in [0.5, 0.6) is 0 Å². The van der Waals surface area contributed by atoms with Gasteiger partial charge in [0.15, 0.2) is 0 Å². The molecular weight excluding hydrogens is 276 g/mol. The van der Waals surface area contributed by atoms with Crippen LogP contribution in [0.3, 0.4) is 0 Å². The number of hydrogen-bond donors (Lipinski definition) is 2. The summed E-state index contributed by atoms with van der Waals surface area (Å²) < 4.78 is 0. The molecule has 0 radical (unpaired) electrons. The maximum atomic E-state index is 12.4. The van der Waals surface area contributed by atoms with E-state index >= 15 is 0 Å². The molecule has 0 aliphatic heterocycles. The van der Waals surface area contributed by atoms with Gasteiger partial charge in [-0.05, 0) is 50.4 Å². The summed E-state index contributed by atoms with van der Waals surface area (Å²) in [4.78, 5) is 24.4. The van der Waals surface area contributed by atoms with Gasteiger partial charge < -0.3 is 11.1 Å². The molecule has 2 aliphatic carbocycles. The number of hydrogen-bond acceptors (Lipinski definition) is 2. The maximum Gasteiger partial charge on any atom is 0.223 e. The molecule has 0 bridgehead atoms. The first-order chi connectivity index (χ1) is 10.5. The molecule has 0 heterocycles. The van der Waals surface area contributed by atoms with E-state index in [9.17, 15) is 9.59 Å². The minimum absolute atomic E-state index is 0.0248. The number of carbonyl (C=O) groups is 2. The first kappa shape index (κ1) is 17.3. The summed E-state index contributed by atoms with van der Waals surface area (Å²) in [6.45, 7) is 4.76. The van der Waals surface area contributed by atoms with Gasteiger partial charge in [0.25, 0.3) is 0 Å². The molecule has 0 aromatic carbocycles. The molecule has 22 heavy (non-hydrogen) atoms. The molecule has 0 spiro atoms.